The third kappa shape index (κ3) is 4.51. The Morgan fingerprint density at radius 3 is 2.04 bits per heavy atom. The maximum absolute atomic E-state index is 12.6. The van der Waals surface area contributed by atoms with Crippen LogP contribution in [0, 0.1) is 0 Å². The summed E-state index contributed by atoms with van der Waals surface area (Å²) in [6.07, 6.45) is -0.0730. The predicted molar refractivity (Wildman–Crippen MR) is 99.7 cm³/mol. The first-order chi connectivity index (χ1) is 12.3. The third-order valence-electron chi connectivity index (χ3n) is 4.33. The number of quaternary nitrogens is 1. The van der Waals surface area contributed by atoms with Crippen molar-refractivity contribution in [1.29, 1.82) is 0 Å². The van der Waals surface area contributed by atoms with Crippen LogP contribution in [0.5, 0.6) is 0 Å². The lowest BCUT2D eigenvalue weighted by molar-refractivity contribution is -0.874. The van der Waals surface area contributed by atoms with Crippen LogP contribution in [0.3, 0.4) is 0 Å². The van der Waals surface area contributed by atoms with Crippen LogP contribution in [0.1, 0.15) is 11.7 Å². The highest BCUT2D eigenvalue weighted by atomic mass is 32.2. The van der Waals surface area contributed by atoms with Gasteiger partial charge in [-0.2, -0.15) is 0 Å². The summed E-state index contributed by atoms with van der Waals surface area (Å²) in [6.45, 7) is 1.92. The lowest BCUT2D eigenvalue weighted by Crippen LogP contribution is -2.46. The highest BCUT2D eigenvalue weighted by Crippen LogP contribution is 2.26. The molecule has 2 aromatic rings. The third-order valence-corrected chi connectivity index (χ3v) is 6.12. The maximum atomic E-state index is 12.6. The fourth-order valence-corrected chi connectivity index (χ4v) is 4.33. The molecule has 0 N–H and O–H groups in total. The maximum Gasteiger partial charge on any atom is 0.206 e. The highest BCUT2D eigenvalue weighted by Gasteiger charge is 2.28. The summed E-state index contributed by atoms with van der Waals surface area (Å²) in [5, 5.41) is 0. The van der Waals surface area contributed by atoms with Crippen LogP contribution < -0.4 is 0 Å². The quantitative estimate of drug-likeness (QED) is 0.753. The molecule has 6 heteroatoms. The van der Waals surface area contributed by atoms with Crippen molar-refractivity contribution in [3.8, 4) is 0 Å². The summed E-state index contributed by atoms with van der Waals surface area (Å²) in [4.78, 5) is 0.584. The van der Waals surface area contributed by atoms with Gasteiger partial charge in [0.15, 0.2) is 0 Å². The Hall–Kier alpha value is -1.73. The minimum Gasteiger partial charge on any atom is -0.368 e. The van der Waals surface area contributed by atoms with E-state index in [4.69, 9.17) is 9.47 Å². The average molecular weight is 376 g/mol. The molecule has 0 unspecified atom stereocenters. The standard InChI is InChI=1S/C20H26NO4S/c1-21(2,3)13-17-14-25-20(15-24-17)16-9-11-19(12-10-16)26(22,23)18-7-5-4-6-8-18/h4-12,17,20H,13-15H2,1-3H3/q+1/t17-,20+/m1/s1. The summed E-state index contributed by atoms with van der Waals surface area (Å²) in [5.41, 5.74) is 0.931. The summed E-state index contributed by atoms with van der Waals surface area (Å²) in [7, 11) is 2.89. The molecule has 1 saturated heterocycles. The van der Waals surface area contributed by atoms with Gasteiger partial charge in [-0.3, -0.25) is 0 Å². The van der Waals surface area contributed by atoms with Gasteiger partial charge in [-0.05, 0) is 29.8 Å². The van der Waals surface area contributed by atoms with Crippen LogP contribution >= 0.6 is 0 Å². The van der Waals surface area contributed by atoms with E-state index in [0.29, 0.717) is 18.1 Å². The normalized spacial score (nSPS) is 21.5. The van der Waals surface area contributed by atoms with Crippen LogP contribution in [-0.2, 0) is 19.3 Å². The molecule has 26 heavy (non-hydrogen) atoms. The van der Waals surface area contributed by atoms with E-state index in [1.807, 2.05) is 12.1 Å². The summed E-state index contributed by atoms with van der Waals surface area (Å²) < 4.78 is 38.0. The van der Waals surface area contributed by atoms with Gasteiger partial charge in [0.2, 0.25) is 9.84 Å². The number of sulfone groups is 1. The molecule has 1 heterocycles. The second-order valence-electron chi connectivity index (χ2n) is 7.64. The molecule has 5 nitrogen and oxygen atoms in total. The number of benzene rings is 2. The van der Waals surface area contributed by atoms with Gasteiger partial charge >= 0.3 is 0 Å². The van der Waals surface area contributed by atoms with Crippen molar-refractivity contribution >= 4 is 9.84 Å². The number of nitrogens with zero attached hydrogens (tertiary/aromatic N) is 1. The van der Waals surface area contributed by atoms with E-state index < -0.39 is 9.84 Å². The first kappa shape index (κ1) is 19.0. The van der Waals surface area contributed by atoms with E-state index in [9.17, 15) is 8.42 Å². The topological polar surface area (TPSA) is 52.6 Å². The van der Waals surface area contributed by atoms with Gasteiger partial charge in [0.05, 0.1) is 44.1 Å². The van der Waals surface area contributed by atoms with Crippen molar-refractivity contribution in [3.63, 3.8) is 0 Å². The van der Waals surface area contributed by atoms with E-state index in [1.54, 1.807) is 42.5 Å². The van der Waals surface area contributed by atoms with Crippen LogP contribution in [0.2, 0.25) is 0 Å². The number of ether oxygens (including phenoxy) is 2. The van der Waals surface area contributed by atoms with E-state index in [1.165, 1.54) is 0 Å². The van der Waals surface area contributed by atoms with E-state index >= 15 is 0 Å². The molecule has 0 amide bonds. The van der Waals surface area contributed by atoms with Gasteiger partial charge in [0.25, 0.3) is 0 Å². The van der Waals surface area contributed by atoms with E-state index in [0.717, 1.165) is 16.6 Å². The highest BCUT2D eigenvalue weighted by molar-refractivity contribution is 7.91. The van der Waals surface area contributed by atoms with Crippen molar-refractivity contribution in [2.45, 2.75) is 22.0 Å². The van der Waals surface area contributed by atoms with Gasteiger partial charge in [-0.25, -0.2) is 8.42 Å². The Morgan fingerprint density at radius 2 is 1.50 bits per heavy atom. The minimum atomic E-state index is -3.49. The van der Waals surface area contributed by atoms with E-state index in [-0.39, 0.29) is 17.1 Å². The van der Waals surface area contributed by atoms with Crippen molar-refractivity contribution in [2.24, 2.45) is 0 Å². The molecule has 0 radical (unpaired) electrons. The lowest BCUT2D eigenvalue weighted by atomic mass is 10.1. The molecule has 0 aromatic heterocycles. The van der Waals surface area contributed by atoms with Crippen LogP contribution in [0.15, 0.2) is 64.4 Å². The second kappa shape index (κ2) is 7.48. The molecule has 3 rings (SSSR count). The fourth-order valence-electron chi connectivity index (χ4n) is 3.05. The van der Waals surface area contributed by atoms with Crippen molar-refractivity contribution in [2.75, 3.05) is 40.9 Å². The van der Waals surface area contributed by atoms with Crippen LogP contribution in [0.4, 0.5) is 0 Å². The molecular weight excluding hydrogens is 350 g/mol. The Bertz CT molecular complexity index is 818. The first-order valence-corrected chi connectivity index (χ1v) is 10.2. The minimum absolute atomic E-state index is 0.0870. The lowest BCUT2D eigenvalue weighted by Gasteiger charge is -2.34. The number of hydrogen-bond donors (Lipinski definition) is 0. The number of likely N-dealkylation sites (N-methyl/N-ethyl adjacent to an activating group) is 1. The van der Waals surface area contributed by atoms with Crippen molar-refractivity contribution < 1.29 is 22.4 Å². The SMILES string of the molecule is C[N+](C)(C)C[C@@H]1CO[C@H](c2ccc(S(=O)(=O)c3ccccc3)cc2)CO1. The first-order valence-electron chi connectivity index (χ1n) is 8.69. The van der Waals surface area contributed by atoms with Gasteiger partial charge < -0.3 is 14.0 Å². The molecule has 2 aromatic carbocycles. The summed E-state index contributed by atoms with van der Waals surface area (Å²) >= 11 is 0. The predicted octanol–water partition coefficient (Wildman–Crippen LogP) is 2.68. The molecule has 0 bridgehead atoms. The largest absolute Gasteiger partial charge is 0.368 e. The average Bonchev–Trinajstić information content (AvgIpc) is 2.62. The zero-order chi connectivity index (χ0) is 18.8. The molecule has 1 fully saturated rings. The van der Waals surface area contributed by atoms with Crippen molar-refractivity contribution in [3.05, 3.63) is 60.2 Å². The molecule has 0 spiro atoms. The molecule has 0 aliphatic carbocycles. The second-order valence-corrected chi connectivity index (χ2v) is 9.59. The molecule has 1 aliphatic heterocycles. The number of rotatable bonds is 5. The Kier molecular flexibility index (Phi) is 5.48. The smallest absolute Gasteiger partial charge is 0.206 e. The van der Waals surface area contributed by atoms with Gasteiger partial charge in [0.1, 0.15) is 18.8 Å². The van der Waals surface area contributed by atoms with Gasteiger partial charge in [-0.15, -0.1) is 0 Å². The molecular formula is C20H26NO4S+. The molecule has 0 saturated carbocycles. The van der Waals surface area contributed by atoms with Gasteiger partial charge in [0, 0.05) is 0 Å². The molecule has 2 atom stereocenters. The summed E-state index contributed by atoms with van der Waals surface area (Å²) in [6, 6.07) is 15.4. The van der Waals surface area contributed by atoms with Crippen LogP contribution in [0.25, 0.3) is 0 Å². The zero-order valence-corrected chi connectivity index (χ0v) is 16.3. The number of hydrogen-bond acceptors (Lipinski definition) is 4. The Balaban J connectivity index is 1.68. The van der Waals surface area contributed by atoms with Gasteiger partial charge in [-0.1, -0.05) is 30.3 Å². The van der Waals surface area contributed by atoms with Crippen LogP contribution in [-0.4, -0.2) is 59.9 Å². The van der Waals surface area contributed by atoms with E-state index in [2.05, 4.69) is 21.1 Å². The Morgan fingerprint density at radius 1 is 0.885 bits per heavy atom. The fraction of sp³-hybridized carbons (Fsp3) is 0.400. The monoisotopic (exact) mass is 376 g/mol. The summed E-state index contributed by atoms with van der Waals surface area (Å²) in [5.74, 6) is 0. The molecule has 140 valence electrons. The Labute approximate surface area is 155 Å². The molecule has 1 aliphatic rings. The van der Waals surface area contributed by atoms with Crippen molar-refractivity contribution in [1.82, 2.24) is 0 Å². The zero-order valence-electron chi connectivity index (χ0n) is 15.5.